The zero-order valence-electron chi connectivity index (χ0n) is 11.9. The summed E-state index contributed by atoms with van der Waals surface area (Å²) in [6, 6.07) is 15.1. The molecule has 2 aromatic carbocycles. The number of anilines is 1. The topological polar surface area (TPSA) is 82.3 Å². The van der Waals surface area contributed by atoms with Crippen LogP contribution in [-0.4, -0.2) is 13.6 Å². The quantitative estimate of drug-likeness (QED) is 0.873. The van der Waals surface area contributed by atoms with Gasteiger partial charge < -0.3 is 0 Å². The lowest BCUT2D eigenvalue weighted by molar-refractivity contribution is 0.286. The third-order valence-electron chi connectivity index (χ3n) is 3.23. The highest BCUT2D eigenvalue weighted by molar-refractivity contribution is 7.90. The summed E-state index contributed by atoms with van der Waals surface area (Å²) in [5, 5.41) is 14.7. The Morgan fingerprint density at radius 1 is 0.957 bits per heavy atom. The molecule has 6 nitrogen and oxygen atoms in total. The maximum Gasteiger partial charge on any atom is 0.299 e. The first-order chi connectivity index (χ1) is 11.1. The second-order valence-corrected chi connectivity index (χ2v) is 6.33. The Kier molecular flexibility index (Phi) is 4.05. The highest BCUT2D eigenvalue weighted by atomic mass is 32.2. The number of fused-ring (bicyclic) bond motifs is 1. The summed E-state index contributed by atoms with van der Waals surface area (Å²) < 4.78 is 27.3. The van der Waals surface area contributed by atoms with Crippen molar-refractivity contribution >= 4 is 21.8 Å². The molecule has 0 saturated heterocycles. The molecule has 7 heteroatoms. The van der Waals surface area contributed by atoms with E-state index in [4.69, 9.17) is 0 Å². The van der Waals surface area contributed by atoms with Gasteiger partial charge in [-0.1, -0.05) is 47.0 Å². The fraction of sp³-hybridized carbons (Fsp3) is 0. The molecule has 1 heterocycles. The van der Waals surface area contributed by atoms with Crippen molar-refractivity contribution in [1.29, 1.82) is 0 Å². The van der Waals surface area contributed by atoms with E-state index in [0.717, 1.165) is 10.6 Å². The minimum Gasteiger partial charge on any atom is -0.283 e. The Morgan fingerprint density at radius 3 is 2.43 bits per heavy atom. The number of benzene rings is 2. The number of hydroxylamine groups is 1. The summed E-state index contributed by atoms with van der Waals surface area (Å²) in [4.78, 5) is 0.0625. The number of sulfonamides is 1. The van der Waals surface area contributed by atoms with Gasteiger partial charge in [0.25, 0.3) is 10.0 Å². The predicted molar refractivity (Wildman–Crippen MR) is 86.3 cm³/mol. The van der Waals surface area contributed by atoms with Gasteiger partial charge in [-0.2, -0.15) is 8.42 Å². The highest BCUT2D eigenvalue weighted by Crippen LogP contribution is 2.28. The molecule has 0 atom stereocenters. The first kappa shape index (κ1) is 15.1. The Hall–Kier alpha value is -2.77. The van der Waals surface area contributed by atoms with Crippen LogP contribution in [0.5, 0.6) is 0 Å². The van der Waals surface area contributed by atoms with Gasteiger partial charge in [-0.05, 0) is 24.3 Å². The molecule has 0 radical (unpaired) electrons. The normalized spacial score (nSPS) is 16.0. The molecular formula is C16H13N3O3S. The average Bonchev–Trinajstić information content (AvgIpc) is 2.58. The maximum atomic E-state index is 12.0. The standard InChI is InChI=1S/C16H13N3O3S/c20-19-14(11-10-13-6-4-5-9-16(13)19)12-17-18-23(21,22)15-7-2-1-3-8-15/h1-12,20H. The lowest BCUT2D eigenvalue weighted by Crippen LogP contribution is -2.19. The van der Waals surface area contributed by atoms with Gasteiger partial charge in [0.15, 0.2) is 0 Å². The largest absolute Gasteiger partial charge is 0.299 e. The molecule has 0 unspecified atom stereocenters. The lowest BCUT2D eigenvalue weighted by Gasteiger charge is -2.22. The van der Waals surface area contributed by atoms with Gasteiger partial charge in [-0.15, -0.1) is 5.11 Å². The minimum atomic E-state index is -3.85. The van der Waals surface area contributed by atoms with Gasteiger partial charge in [-0.25, -0.2) is 5.06 Å². The molecule has 0 fully saturated rings. The number of hydrogen-bond donors (Lipinski definition) is 1. The van der Waals surface area contributed by atoms with E-state index in [0.29, 0.717) is 11.4 Å². The van der Waals surface area contributed by atoms with Crippen LogP contribution in [0.4, 0.5) is 5.69 Å². The summed E-state index contributed by atoms with van der Waals surface area (Å²) in [5.74, 6) is 0. The molecule has 0 bridgehead atoms. The zero-order valence-corrected chi connectivity index (χ0v) is 12.8. The summed E-state index contributed by atoms with van der Waals surface area (Å²) in [5.41, 5.74) is 1.75. The van der Waals surface area contributed by atoms with E-state index in [2.05, 4.69) is 9.63 Å². The Labute approximate surface area is 133 Å². The molecule has 1 aliphatic rings. The average molecular weight is 327 g/mol. The van der Waals surface area contributed by atoms with Crippen LogP contribution >= 0.6 is 0 Å². The highest BCUT2D eigenvalue weighted by Gasteiger charge is 2.15. The second-order valence-electron chi connectivity index (χ2n) is 4.74. The van der Waals surface area contributed by atoms with E-state index in [1.807, 2.05) is 12.1 Å². The van der Waals surface area contributed by atoms with Gasteiger partial charge in [0.05, 0.1) is 22.5 Å². The van der Waals surface area contributed by atoms with Crippen LogP contribution in [0.25, 0.3) is 6.08 Å². The van der Waals surface area contributed by atoms with Crippen molar-refractivity contribution in [1.82, 2.24) is 0 Å². The van der Waals surface area contributed by atoms with Crippen LogP contribution in [0, 0.1) is 0 Å². The minimum absolute atomic E-state index is 0.0625. The molecule has 1 aliphatic heterocycles. The predicted octanol–water partition coefficient (Wildman–Crippen LogP) is 3.59. The third kappa shape index (κ3) is 3.20. The van der Waals surface area contributed by atoms with Crippen molar-refractivity contribution in [2.45, 2.75) is 4.90 Å². The summed E-state index contributed by atoms with van der Waals surface area (Å²) in [6.45, 7) is 0. The molecule has 3 rings (SSSR count). The number of nitrogens with zero attached hydrogens (tertiary/aromatic N) is 3. The Bertz CT molecular complexity index is 903. The van der Waals surface area contributed by atoms with Gasteiger partial charge >= 0.3 is 0 Å². The molecule has 23 heavy (non-hydrogen) atoms. The smallest absolute Gasteiger partial charge is 0.283 e. The fourth-order valence-electron chi connectivity index (χ4n) is 2.09. The van der Waals surface area contributed by atoms with Gasteiger partial charge in [0.1, 0.15) is 0 Å². The molecule has 1 N–H and O–H groups in total. The van der Waals surface area contributed by atoms with Crippen LogP contribution in [0.1, 0.15) is 5.56 Å². The number of rotatable bonds is 3. The van der Waals surface area contributed by atoms with Crippen LogP contribution in [0.3, 0.4) is 0 Å². The van der Waals surface area contributed by atoms with Crippen LogP contribution in [0.2, 0.25) is 0 Å². The van der Waals surface area contributed by atoms with E-state index in [1.165, 1.54) is 18.3 Å². The molecule has 0 aromatic heterocycles. The van der Waals surface area contributed by atoms with E-state index in [-0.39, 0.29) is 4.90 Å². The van der Waals surface area contributed by atoms with Gasteiger partial charge in [-0.3, -0.25) is 5.21 Å². The number of hydrogen-bond acceptors (Lipinski definition) is 5. The molecule has 2 aromatic rings. The first-order valence-electron chi connectivity index (χ1n) is 6.76. The van der Waals surface area contributed by atoms with Crippen molar-refractivity contribution in [3.63, 3.8) is 0 Å². The lowest BCUT2D eigenvalue weighted by atomic mass is 10.1. The number of allylic oxidation sites excluding steroid dienone is 1. The van der Waals surface area contributed by atoms with Gasteiger partial charge in [0.2, 0.25) is 0 Å². The summed E-state index contributed by atoms with van der Waals surface area (Å²) in [7, 11) is -3.85. The Morgan fingerprint density at radius 2 is 1.65 bits per heavy atom. The SMILES string of the molecule is O=S(=O)(N=NC=C1C=Cc2ccccc2N1O)c1ccccc1. The van der Waals surface area contributed by atoms with Crippen molar-refractivity contribution in [3.05, 3.63) is 78.1 Å². The van der Waals surface area contributed by atoms with Crippen molar-refractivity contribution < 1.29 is 13.6 Å². The molecule has 0 aliphatic carbocycles. The second kappa shape index (κ2) is 6.15. The summed E-state index contributed by atoms with van der Waals surface area (Å²) in [6.07, 6.45) is 4.61. The first-order valence-corrected chi connectivity index (χ1v) is 8.20. The van der Waals surface area contributed by atoms with Gasteiger partial charge in [0, 0.05) is 5.56 Å². The van der Waals surface area contributed by atoms with E-state index in [1.54, 1.807) is 42.5 Å². The van der Waals surface area contributed by atoms with E-state index >= 15 is 0 Å². The molecule has 116 valence electrons. The van der Waals surface area contributed by atoms with Crippen molar-refractivity contribution in [3.8, 4) is 0 Å². The van der Waals surface area contributed by atoms with E-state index in [9.17, 15) is 13.6 Å². The van der Waals surface area contributed by atoms with Crippen LogP contribution in [0.15, 0.2) is 87.1 Å². The van der Waals surface area contributed by atoms with Crippen molar-refractivity contribution in [2.75, 3.05) is 5.06 Å². The van der Waals surface area contributed by atoms with Crippen LogP contribution in [-0.2, 0) is 10.0 Å². The van der Waals surface area contributed by atoms with Crippen molar-refractivity contribution in [2.24, 2.45) is 9.63 Å². The molecule has 0 amide bonds. The zero-order chi connectivity index (χ0) is 16.3. The third-order valence-corrected chi connectivity index (χ3v) is 4.41. The van der Waals surface area contributed by atoms with E-state index < -0.39 is 10.0 Å². The Balaban J connectivity index is 1.84. The summed E-state index contributed by atoms with van der Waals surface area (Å²) >= 11 is 0. The maximum absolute atomic E-state index is 12.0. The fourth-order valence-corrected chi connectivity index (χ4v) is 2.85. The monoisotopic (exact) mass is 327 g/mol. The number of para-hydroxylation sites is 1. The molecule has 0 spiro atoms. The van der Waals surface area contributed by atoms with Crippen LogP contribution < -0.4 is 5.06 Å². The molecule has 0 saturated carbocycles. The molecular weight excluding hydrogens is 314 g/mol.